The number of rotatable bonds is 6. The Hall–Kier alpha value is -2.74. The minimum absolute atomic E-state index is 0.134. The van der Waals surface area contributed by atoms with Crippen LogP contribution in [0.25, 0.3) is 0 Å². The second-order valence-electron chi connectivity index (χ2n) is 6.53. The van der Waals surface area contributed by atoms with Crippen LogP contribution in [-0.4, -0.2) is 32.9 Å². The Balaban J connectivity index is 1.66. The second-order valence-corrected chi connectivity index (χ2v) is 6.53. The first-order chi connectivity index (χ1) is 12.6. The highest BCUT2D eigenvalue weighted by Gasteiger charge is 2.15. The SMILES string of the molecule is Nc1nc(NCc2ccccc2CN2CCCCCC2)ncc1[N+](=O)[O-]. The highest BCUT2D eigenvalue weighted by Crippen LogP contribution is 2.20. The summed E-state index contributed by atoms with van der Waals surface area (Å²) in [5, 5.41) is 13.9. The van der Waals surface area contributed by atoms with Crippen molar-refractivity contribution in [2.75, 3.05) is 24.1 Å². The van der Waals surface area contributed by atoms with Gasteiger partial charge in [-0.2, -0.15) is 4.98 Å². The van der Waals surface area contributed by atoms with Crippen molar-refractivity contribution in [3.8, 4) is 0 Å². The molecule has 26 heavy (non-hydrogen) atoms. The van der Waals surface area contributed by atoms with Crippen molar-refractivity contribution >= 4 is 17.5 Å². The highest BCUT2D eigenvalue weighted by atomic mass is 16.6. The van der Waals surface area contributed by atoms with Crippen LogP contribution < -0.4 is 11.1 Å². The summed E-state index contributed by atoms with van der Waals surface area (Å²) in [5.74, 6) is 0.156. The Morgan fingerprint density at radius 1 is 1.15 bits per heavy atom. The maximum Gasteiger partial charge on any atom is 0.329 e. The number of benzene rings is 1. The number of anilines is 2. The average molecular weight is 356 g/mol. The van der Waals surface area contributed by atoms with E-state index in [1.165, 1.54) is 31.2 Å². The number of aromatic nitrogens is 2. The van der Waals surface area contributed by atoms with Crippen LogP contribution in [0.1, 0.15) is 36.8 Å². The third-order valence-electron chi connectivity index (χ3n) is 4.64. The van der Waals surface area contributed by atoms with Crippen molar-refractivity contribution in [3.63, 3.8) is 0 Å². The van der Waals surface area contributed by atoms with Gasteiger partial charge in [0.05, 0.1) is 4.92 Å². The summed E-state index contributed by atoms with van der Waals surface area (Å²) >= 11 is 0. The van der Waals surface area contributed by atoms with Gasteiger partial charge in [0.2, 0.25) is 11.8 Å². The molecule has 0 bridgehead atoms. The summed E-state index contributed by atoms with van der Waals surface area (Å²) in [6, 6.07) is 8.28. The van der Waals surface area contributed by atoms with Crippen LogP contribution in [0.2, 0.25) is 0 Å². The molecule has 2 aromatic rings. The van der Waals surface area contributed by atoms with E-state index >= 15 is 0 Å². The molecule has 3 rings (SSSR count). The van der Waals surface area contributed by atoms with Gasteiger partial charge >= 0.3 is 5.69 Å². The molecular weight excluding hydrogens is 332 g/mol. The molecule has 0 radical (unpaired) electrons. The number of likely N-dealkylation sites (tertiary alicyclic amines) is 1. The first kappa shape index (κ1) is 18.1. The highest BCUT2D eigenvalue weighted by molar-refractivity contribution is 5.53. The second kappa shape index (κ2) is 8.57. The first-order valence-corrected chi connectivity index (χ1v) is 8.93. The van der Waals surface area contributed by atoms with Crippen LogP contribution in [0.15, 0.2) is 30.5 Å². The third kappa shape index (κ3) is 4.66. The average Bonchev–Trinajstić information content (AvgIpc) is 2.89. The van der Waals surface area contributed by atoms with Crippen LogP contribution in [0, 0.1) is 10.1 Å². The van der Waals surface area contributed by atoms with Gasteiger partial charge < -0.3 is 11.1 Å². The van der Waals surface area contributed by atoms with Crippen LogP contribution in [0.5, 0.6) is 0 Å². The normalized spacial score (nSPS) is 15.4. The minimum Gasteiger partial charge on any atom is -0.378 e. The van der Waals surface area contributed by atoms with Crippen LogP contribution >= 0.6 is 0 Å². The lowest BCUT2D eigenvalue weighted by atomic mass is 10.1. The molecule has 138 valence electrons. The third-order valence-corrected chi connectivity index (χ3v) is 4.64. The molecule has 0 aliphatic carbocycles. The molecule has 8 nitrogen and oxygen atoms in total. The minimum atomic E-state index is -0.588. The van der Waals surface area contributed by atoms with E-state index in [-0.39, 0.29) is 17.5 Å². The van der Waals surface area contributed by atoms with Crippen molar-refractivity contribution in [1.82, 2.24) is 14.9 Å². The number of hydrogen-bond acceptors (Lipinski definition) is 7. The quantitative estimate of drug-likeness (QED) is 0.605. The molecule has 1 aliphatic heterocycles. The number of nitrogens with zero attached hydrogens (tertiary/aromatic N) is 4. The van der Waals surface area contributed by atoms with Crippen LogP contribution in [0.4, 0.5) is 17.5 Å². The van der Waals surface area contributed by atoms with E-state index in [4.69, 9.17) is 5.73 Å². The van der Waals surface area contributed by atoms with Crippen molar-refractivity contribution in [1.29, 1.82) is 0 Å². The van der Waals surface area contributed by atoms with Crippen molar-refractivity contribution in [3.05, 3.63) is 51.7 Å². The maximum atomic E-state index is 10.8. The molecule has 1 aromatic heterocycles. The van der Waals surface area contributed by atoms with Gasteiger partial charge in [-0.3, -0.25) is 15.0 Å². The Morgan fingerprint density at radius 3 is 2.50 bits per heavy atom. The van der Waals surface area contributed by atoms with Crippen LogP contribution in [-0.2, 0) is 13.1 Å². The van der Waals surface area contributed by atoms with Gasteiger partial charge in [-0.05, 0) is 37.1 Å². The Morgan fingerprint density at radius 2 is 1.85 bits per heavy atom. The van der Waals surface area contributed by atoms with E-state index in [9.17, 15) is 10.1 Å². The summed E-state index contributed by atoms with van der Waals surface area (Å²) < 4.78 is 0. The monoisotopic (exact) mass is 356 g/mol. The molecule has 1 fully saturated rings. The van der Waals surface area contributed by atoms with E-state index in [0.717, 1.165) is 31.4 Å². The van der Waals surface area contributed by atoms with E-state index in [1.54, 1.807) is 0 Å². The molecule has 0 saturated carbocycles. The van der Waals surface area contributed by atoms with Crippen molar-refractivity contribution in [2.24, 2.45) is 0 Å². The Labute approximate surface area is 152 Å². The number of nitrogen functional groups attached to an aromatic ring is 1. The zero-order valence-electron chi connectivity index (χ0n) is 14.7. The van der Waals surface area contributed by atoms with E-state index in [2.05, 4.69) is 38.4 Å². The van der Waals surface area contributed by atoms with Crippen molar-refractivity contribution in [2.45, 2.75) is 38.8 Å². The van der Waals surface area contributed by atoms with Gasteiger partial charge in [0.1, 0.15) is 6.20 Å². The number of hydrogen-bond donors (Lipinski definition) is 2. The Bertz CT molecular complexity index is 759. The summed E-state index contributed by atoms with van der Waals surface area (Å²) in [6.45, 7) is 3.76. The fourth-order valence-corrected chi connectivity index (χ4v) is 3.21. The lowest BCUT2D eigenvalue weighted by Gasteiger charge is -2.21. The fraction of sp³-hybridized carbons (Fsp3) is 0.444. The molecule has 0 spiro atoms. The Kier molecular flexibility index (Phi) is 5.96. The lowest BCUT2D eigenvalue weighted by molar-refractivity contribution is -0.384. The molecule has 1 aliphatic rings. The summed E-state index contributed by atoms with van der Waals surface area (Å²) in [6.07, 6.45) is 6.29. The molecule has 1 saturated heterocycles. The number of nitro groups is 1. The predicted octanol–water partition coefficient (Wildman–Crippen LogP) is 2.96. The molecular formula is C18H24N6O2. The van der Waals surface area contributed by atoms with E-state index in [1.807, 2.05) is 6.07 Å². The molecule has 0 amide bonds. The zero-order chi connectivity index (χ0) is 18.4. The fourth-order valence-electron chi connectivity index (χ4n) is 3.21. The van der Waals surface area contributed by atoms with E-state index in [0.29, 0.717) is 6.54 Å². The standard InChI is InChI=1S/C18H24N6O2/c19-17-16(24(25)26)12-21-18(22-17)20-11-14-7-3-4-8-15(14)13-23-9-5-1-2-6-10-23/h3-4,7-8,12H,1-2,5-6,9-11,13H2,(H3,19,20,21,22). The van der Waals surface area contributed by atoms with E-state index < -0.39 is 4.92 Å². The lowest BCUT2D eigenvalue weighted by Crippen LogP contribution is -2.24. The topological polar surface area (TPSA) is 110 Å². The largest absolute Gasteiger partial charge is 0.378 e. The van der Waals surface area contributed by atoms with Gasteiger partial charge in [0.15, 0.2) is 0 Å². The molecule has 0 atom stereocenters. The van der Waals surface area contributed by atoms with Gasteiger partial charge in [0, 0.05) is 13.1 Å². The molecule has 0 unspecified atom stereocenters. The van der Waals surface area contributed by atoms with Gasteiger partial charge in [-0.25, -0.2) is 4.98 Å². The predicted molar refractivity (Wildman–Crippen MR) is 101 cm³/mol. The zero-order valence-corrected chi connectivity index (χ0v) is 14.7. The number of nitrogens with one attached hydrogen (secondary N) is 1. The molecule has 2 heterocycles. The molecule has 1 aromatic carbocycles. The first-order valence-electron chi connectivity index (χ1n) is 8.93. The van der Waals surface area contributed by atoms with Gasteiger partial charge in [0.25, 0.3) is 0 Å². The maximum absolute atomic E-state index is 10.8. The van der Waals surface area contributed by atoms with Crippen molar-refractivity contribution < 1.29 is 4.92 Å². The molecule has 3 N–H and O–H groups in total. The smallest absolute Gasteiger partial charge is 0.329 e. The van der Waals surface area contributed by atoms with Gasteiger partial charge in [-0.15, -0.1) is 0 Å². The number of nitrogens with two attached hydrogens (primary N) is 1. The molecule has 8 heteroatoms. The summed E-state index contributed by atoms with van der Waals surface area (Å²) in [7, 11) is 0. The van der Waals surface area contributed by atoms with Crippen LogP contribution in [0.3, 0.4) is 0 Å². The van der Waals surface area contributed by atoms with Gasteiger partial charge in [-0.1, -0.05) is 37.1 Å². The summed E-state index contributed by atoms with van der Waals surface area (Å²) in [4.78, 5) is 20.7. The summed E-state index contributed by atoms with van der Waals surface area (Å²) in [5.41, 5.74) is 7.78.